The SMILES string of the molecule is Fc1cccc(-c2nc3ccc(-n4cnnc4)cc3o2)c1. The van der Waals surface area contributed by atoms with Crippen molar-refractivity contribution in [1.82, 2.24) is 19.7 Å². The molecule has 0 saturated heterocycles. The Hall–Kier alpha value is -3.02. The summed E-state index contributed by atoms with van der Waals surface area (Å²) in [6.45, 7) is 0. The molecule has 0 aliphatic carbocycles. The van der Waals surface area contributed by atoms with E-state index in [1.165, 1.54) is 12.1 Å². The van der Waals surface area contributed by atoms with Crippen LogP contribution >= 0.6 is 0 Å². The van der Waals surface area contributed by atoms with Crippen LogP contribution < -0.4 is 0 Å². The highest BCUT2D eigenvalue weighted by Crippen LogP contribution is 2.26. The van der Waals surface area contributed by atoms with Gasteiger partial charge in [0.05, 0.1) is 5.69 Å². The van der Waals surface area contributed by atoms with Gasteiger partial charge in [-0.25, -0.2) is 9.37 Å². The highest BCUT2D eigenvalue weighted by atomic mass is 19.1. The summed E-state index contributed by atoms with van der Waals surface area (Å²) in [5.74, 6) is 0.0744. The standard InChI is InChI=1S/C15H9FN4O/c16-11-3-1-2-10(6-11)15-19-13-5-4-12(7-14(13)21-15)20-8-17-18-9-20/h1-9H. The molecule has 6 heteroatoms. The summed E-state index contributed by atoms with van der Waals surface area (Å²) in [5.41, 5.74) is 2.82. The fraction of sp³-hybridized carbons (Fsp3) is 0. The molecule has 0 atom stereocenters. The van der Waals surface area contributed by atoms with E-state index in [1.54, 1.807) is 29.4 Å². The number of nitrogens with zero attached hydrogens (tertiary/aromatic N) is 4. The van der Waals surface area contributed by atoms with Crippen LogP contribution in [0.25, 0.3) is 28.2 Å². The van der Waals surface area contributed by atoms with Crippen LogP contribution in [0.4, 0.5) is 4.39 Å². The monoisotopic (exact) mass is 280 g/mol. The van der Waals surface area contributed by atoms with Crippen molar-refractivity contribution < 1.29 is 8.81 Å². The molecule has 0 N–H and O–H groups in total. The summed E-state index contributed by atoms with van der Waals surface area (Å²) < 4.78 is 20.8. The molecule has 0 bridgehead atoms. The van der Waals surface area contributed by atoms with Crippen LogP contribution in [0.3, 0.4) is 0 Å². The van der Waals surface area contributed by atoms with E-state index in [4.69, 9.17) is 4.42 Å². The number of rotatable bonds is 2. The molecule has 2 aromatic heterocycles. The second-order valence-electron chi connectivity index (χ2n) is 4.55. The molecule has 21 heavy (non-hydrogen) atoms. The summed E-state index contributed by atoms with van der Waals surface area (Å²) in [5, 5.41) is 7.53. The summed E-state index contributed by atoms with van der Waals surface area (Å²) in [7, 11) is 0. The van der Waals surface area contributed by atoms with Gasteiger partial charge < -0.3 is 4.42 Å². The average molecular weight is 280 g/mol. The van der Waals surface area contributed by atoms with Gasteiger partial charge in [0.25, 0.3) is 0 Å². The molecular weight excluding hydrogens is 271 g/mol. The lowest BCUT2D eigenvalue weighted by Crippen LogP contribution is -1.88. The zero-order valence-electron chi connectivity index (χ0n) is 10.8. The summed E-state index contributed by atoms with van der Waals surface area (Å²) in [6.07, 6.45) is 3.20. The zero-order valence-corrected chi connectivity index (χ0v) is 10.8. The second kappa shape index (κ2) is 4.52. The van der Waals surface area contributed by atoms with Crippen molar-refractivity contribution in [3.63, 3.8) is 0 Å². The molecule has 0 aliphatic heterocycles. The van der Waals surface area contributed by atoms with E-state index < -0.39 is 0 Å². The molecular formula is C15H9FN4O. The lowest BCUT2D eigenvalue weighted by molar-refractivity contribution is 0.611. The Labute approximate surface area is 118 Å². The predicted octanol–water partition coefficient (Wildman–Crippen LogP) is 3.21. The van der Waals surface area contributed by atoms with E-state index in [9.17, 15) is 4.39 Å². The number of fused-ring (bicyclic) bond motifs is 1. The smallest absolute Gasteiger partial charge is 0.227 e. The van der Waals surface area contributed by atoms with Crippen LogP contribution in [0.2, 0.25) is 0 Å². The van der Waals surface area contributed by atoms with Crippen LogP contribution in [0, 0.1) is 5.82 Å². The lowest BCUT2D eigenvalue weighted by atomic mass is 10.2. The molecule has 0 amide bonds. The fourth-order valence-electron chi connectivity index (χ4n) is 2.15. The van der Waals surface area contributed by atoms with E-state index in [0.717, 1.165) is 5.69 Å². The highest BCUT2D eigenvalue weighted by Gasteiger charge is 2.10. The van der Waals surface area contributed by atoms with E-state index in [0.29, 0.717) is 22.6 Å². The van der Waals surface area contributed by atoms with Gasteiger partial charge in [-0.05, 0) is 30.3 Å². The predicted molar refractivity (Wildman–Crippen MR) is 74.3 cm³/mol. The molecule has 0 aliphatic rings. The van der Waals surface area contributed by atoms with Gasteiger partial charge in [-0.1, -0.05) is 6.07 Å². The number of hydrogen-bond acceptors (Lipinski definition) is 4. The van der Waals surface area contributed by atoms with Gasteiger partial charge in [-0.3, -0.25) is 4.57 Å². The molecule has 4 rings (SSSR count). The highest BCUT2D eigenvalue weighted by molar-refractivity contribution is 5.78. The van der Waals surface area contributed by atoms with Crippen LogP contribution in [0.15, 0.2) is 59.5 Å². The van der Waals surface area contributed by atoms with Gasteiger partial charge >= 0.3 is 0 Å². The normalized spacial score (nSPS) is 11.1. The molecule has 5 nitrogen and oxygen atoms in total. The molecule has 2 heterocycles. The first-order valence-electron chi connectivity index (χ1n) is 6.31. The summed E-state index contributed by atoms with van der Waals surface area (Å²) >= 11 is 0. The minimum atomic E-state index is -0.320. The van der Waals surface area contributed by atoms with Crippen molar-refractivity contribution >= 4 is 11.1 Å². The lowest BCUT2D eigenvalue weighted by Gasteiger charge is -1.98. The third kappa shape index (κ3) is 2.06. The number of aromatic nitrogens is 4. The van der Waals surface area contributed by atoms with Gasteiger partial charge in [0, 0.05) is 11.6 Å². The maximum absolute atomic E-state index is 13.3. The Morgan fingerprint density at radius 2 is 1.86 bits per heavy atom. The molecule has 0 saturated carbocycles. The van der Waals surface area contributed by atoms with Crippen LogP contribution in [-0.4, -0.2) is 19.7 Å². The molecule has 0 fully saturated rings. The third-order valence-electron chi connectivity index (χ3n) is 3.16. The zero-order chi connectivity index (χ0) is 14.2. The number of hydrogen-bond donors (Lipinski definition) is 0. The van der Waals surface area contributed by atoms with E-state index in [-0.39, 0.29) is 5.82 Å². The van der Waals surface area contributed by atoms with Gasteiger partial charge in [0.1, 0.15) is 24.0 Å². The number of halogens is 1. The van der Waals surface area contributed by atoms with Crippen molar-refractivity contribution in [2.45, 2.75) is 0 Å². The summed E-state index contributed by atoms with van der Waals surface area (Å²) in [6, 6.07) is 11.7. The molecule has 0 spiro atoms. The van der Waals surface area contributed by atoms with Gasteiger partial charge in [-0.2, -0.15) is 0 Å². The first-order chi connectivity index (χ1) is 10.3. The first kappa shape index (κ1) is 11.8. The molecule has 2 aromatic carbocycles. The van der Waals surface area contributed by atoms with Crippen LogP contribution in [0.5, 0.6) is 0 Å². The fourth-order valence-corrected chi connectivity index (χ4v) is 2.15. The van der Waals surface area contributed by atoms with E-state index in [1.807, 2.05) is 18.2 Å². The van der Waals surface area contributed by atoms with E-state index >= 15 is 0 Å². The van der Waals surface area contributed by atoms with Gasteiger partial charge in [0.2, 0.25) is 5.89 Å². The molecule has 102 valence electrons. The van der Waals surface area contributed by atoms with E-state index in [2.05, 4.69) is 15.2 Å². The molecule has 4 aromatic rings. The van der Waals surface area contributed by atoms with Crippen molar-refractivity contribution in [1.29, 1.82) is 0 Å². The van der Waals surface area contributed by atoms with Crippen LogP contribution in [0.1, 0.15) is 0 Å². The topological polar surface area (TPSA) is 56.7 Å². The Morgan fingerprint density at radius 1 is 1.00 bits per heavy atom. The van der Waals surface area contributed by atoms with Crippen molar-refractivity contribution in [3.8, 4) is 17.1 Å². The second-order valence-corrected chi connectivity index (χ2v) is 4.55. The number of oxazole rings is 1. The molecule has 0 radical (unpaired) electrons. The van der Waals surface area contributed by atoms with Crippen molar-refractivity contribution in [2.24, 2.45) is 0 Å². The average Bonchev–Trinajstić information content (AvgIpc) is 3.16. The Balaban J connectivity index is 1.83. The Bertz CT molecular complexity index is 914. The molecule has 0 unspecified atom stereocenters. The Morgan fingerprint density at radius 3 is 2.67 bits per heavy atom. The maximum Gasteiger partial charge on any atom is 0.227 e. The number of benzene rings is 2. The minimum Gasteiger partial charge on any atom is -0.436 e. The largest absolute Gasteiger partial charge is 0.436 e. The minimum absolute atomic E-state index is 0.320. The third-order valence-corrected chi connectivity index (χ3v) is 3.16. The summed E-state index contributed by atoms with van der Waals surface area (Å²) in [4.78, 5) is 4.37. The van der Waals surface area contributed by atoms with Gasteiger partial charge in [0.15, 0.2) is 5.58 Å². The van der Waals surface area contributed by atoms with Crippen molar-refractivity contribution in [3.05, 3.63) is 60.9 Å². The quantitative estimate of drug-likeness (QED) is 0.565. The first-order valence-corrected chi connectivity index (χ1v) is 6.31. The Kier molecular flexibility index (Phi) is 2.53. The van der Waals surface area contributed by atoms with Crippen molar-refractivity contribution in [2.75, 3.05) is 0 Å². The van der Waals surface area contributed by atoms with Crippen LogP contribution in [-0.2, 0) is 0 Å². The maximum atomic E-state index is 13.3. The van der Waals surface area contributed by atoms with Gasteiger partial charge in [-0.15, -0.1) is 10.2 Å².